The molecule has 2 N–H and O–H groups in total. The molecule has 6 nitrogen and oxygen atoms in total. The minimum atomic E-state index is 0.240. The lowest BCUT2D eigenvalue weighted by Gasteiger charge is -2.27. The molecule has 0 saturated heterocycles. The van der Waals surface area contributed by atoms with Gasteiger partial charge in [0.1, 0.15) is 5.76 Å². The van der Waals surface area contributed by atoms with Crippen molar-refractivity contribution >= 4 is 0 Å². The van der Waals surface area contributed by atoms with Gasteiger partial charge in [0.15, 0.2) is 5.69 Å². The first kappa shape index (κ1) is 17.9. The number of nitrogens with zero attached hydrogens (tertiary/aromatic N) is 3. The molecule has 1 aromatic carbocycles. The molecule has 0 unspecified atom stereocenters. The normalized spacial score (nSPS) is 15.7. The van der Waals surface area contributed by atoms with Gasteiger partial charge in [0.05, 0.1) is 0 Å². The Hall–Kier alpha value is -2.47. The van der Waals surface area contributed by atoms with Gasteiger partial charge in [0.2, 0.25) is 5.82 Å². The summed E-state index contributed by atoms with van der Waals surface area (Å²) in [6.45, 7) is 9.34. The van der Waals surface area contributed by atoms with Gasteiger partial charge in [0, 0.05) is 17.5 Å². The van der Waals surface area contributed by atoms with E-state index >= 15 is 0 Å². The number of nitrogens with two attached hydrogens (primary N) is 1. The van der Waals surface area contributed by atoms with Crippen LogP contribution in [0.1, 0.15) is 48.3 Å². The van der Waals surface area contributed by atoms with Crippen LogP contribution in [0.3, 0.4) is 0 Å². The summed E-state index contributed by atoms with van der Waals surface area (Å²) in [4.78, 5) is 4.60. The Balaban J connectivity index is 1.67. The second-order valence-corrected chi connectivity index (χ2v) is 8.32. The van der Waals surface area contributed by atoms with Crippen molar-refractivity contribution in [1.82, 2.24) is 15.3 Å². The van der Waals surface area contributed by atoms with Gasteiger partial charge in [-0.2, -0.15) is 4.98 Å². The first-order chi connectivity index (χ1) is 12.9. The van der Waals surface area contributed by atoms with Gasteiger partial charge in [-0.25, -0.2) is 0 Å². The summed E-state index contributed by atoms with van der Waals surface area (Å²) < 4.78 is 11.1. The Kier molecular flexibility index (Phi) is 4.38. The van der Waals surface area contributed by atoms with Crippen LogP contribution in [-0.4, -0.2) is 21.8 Å². The van der Waals surface area contributed by atoms with E-state index in [-0.39, 0.29) is 5.41 Å². The van der Waals surface area contributed by atoms with E-state index in [1.165, 1.54) is 16.7 Å². The van der Waals surface area contributed by atoms with Gasteiger partial charge in [-0.3, -0.25) is 0 Å². The van der Waals surface area contributed by atoms with Crippen LogP contribution in [0.15, 0.2) is 21.2 Å². The molecule has 0 radical (unpaired) electrons. The molecule has 1 aliphatic carbocycles. The fourth-order valence-electron chi connectivity index (χ4n) is 3.99. The van der Waals surface area contributed by atoms with Crippen LogP contribution in [0.25, 0.3) is 23.0 Å². The Labute approximate surface area is 159 Å². The summed E-state index contributed by atoms with van der Waals surface area (Å²) in [6, 6.07) is 4.18. The van der Waals surface area contributed by atoms with Crippen molar-refractivity contribution in [3.8, 4) is 23.0 Å². The van der Waals surface area contributed by atoms with Crippen molar-refractivity contribution < 1.29 is 9.05 Å². The molecule has 0 bridgehead atoms. The molecule has 3 aromatic rings. The molecule has 0 saturated carbocycles. The lowest BCUT2D eigenvalue weighted by atomic mass is 9.77. The maximum absolute atomic E-state index is 5.72. The van der Waals surface area contributed by atoms with Crippen LogP contribution in [0.5, 0.6) is 0 Å². The van der Waals surface area contributed by atoms with Gasteiger partial charge in [-0.05, 0) is 73.9 Å². The molecule has 0 spiro atoms. The lowest BCUT2D eigenvalue weighted by Crippen LogP contribution is -2.21. The smallest absolute Gasteiger partial charge is 0.280 e. The minimum Gasteiger partial charge on any atom is -0.360 e. The van der Waals surface area contributed by atoms with E-state index < -0.39 is 0 Å². The minimum absolute atomic E-state index is 0.240. The lowest BCUT2D eigenvalue weighted by molar-refractivity contribution is 0.264. The van der Waals surface area contributed by atoms with Gasteiger partial charge >= 0.3 is 0 Å². The fraction of sp³-hybridized carbons (Fsp3) is 0.476. The zero-order valence-corrected chi connectivity index (χ0v) is 16.4. The number of aromatic nitrogens is 3. The topological polar surface area (TPSA) is 91.0 Å². The Morgan fingerprint density at radius 3 is 2.56 bits per heavy atom. The third kappa shape index (κ3) is 3.30. The van der Waals surface area contributed by atoms with E-state index in [1.54, 1.807) is 0 Å². The molecule has 4 rings (SSSR count). The Bertz CT molecular complexity index is 961. The predicted octanol–water partition coefficient (Wildman–Crippen LogP) is 4.02. The van der Waals surface area contributed by atoms with Gasteiger partial charge < -0.3 is 14.8 Å². The fourth-order valence-corrected chi connectivity index (χ4v) is 3.99. The summed E-state index contributed by atoms with van der Waals surface area (Å²) in [5.74, 6) is 1.94. The summed E-state index contributed by atoms with van der Waals surface area (Å²) >= 11 is 0. The number of hydrogen-bond acceptors (Lipinski definition) is 6. The highest BCUT2D eigenvalue weighted by Crippen LogP contribution is 2.38. The highest BCUT2D eigenvalue weighted by Gasteiger charge is 2.32. The van der Waals surface area contributed by atoms with Crippen molar-refractivity contribution in [2.45, 2.75) is 53.4 Å². The molecule has 0 atom stereocenters. The summed E-state index contributed by atoms with van der Waals surface area (Å²) in [7, 11) is 0. The van der Waals surface area contributed by atoms with E-state index in [0.717, 1.165) is 42.6 Å². The molecule has 0 amide bonds. The largest absolute Gasteiger partial charge is 0.360 e. The average Bonchev–Trinajstić information content (AvgIpc) is 3.23. The van der Waals surface area contributed by atoms with Crippen molar-refractivity contribution in [3.63, 3.8) is 0 Å². The molecule has 1 aliphatic rings. The first-order valence-electron chi connectivity index (χ1n) is 9.50. The van der Waals surface area contributed by atoms with Crippen molar-refractivity contribution in [1.29, 1.82) is 0 Å². The van der Waals surface area contributed by atoms with Crippen LogP contribution >= 0.6 is 0 Å². The molecule has 27 heavy (non-hydrogen) atoms. The second-order valence-electron chi connectivity index (χ2n) is 8.32. The van der Waals surface area contributed by atoms with Crippen LogP contribution in [0.4, 0.5) is 0 Å². The van der Waals surface area contributed by atoms with Gasteiger partial charge in [0.25, 0.3) is 5.89 Å². The van der Waals surface area contributed by atoms with Gasteiger partial charge in [-0.1, -0.05) is 24.2 Å². The van der Waals surface area contributed by atoms with Gasteiger partial charge in [-0.15, -0.1) is 0 Å². The van der Waals surface area contributed by atoms with Crippen LogP contribution in [0.2, 0.25) is 0 Å². The van der Waals surface area contributed by atoms with E-state index in [9.17, 15) is 0 Å². The summed E-state index contributed by atoms with van der Waals surface area (Å²) in [5, 5.41) is 8.41. The van der Waals surface area contributed by atoms with E-state index in [4.69, 9.17) is 14.8 Å². The molecule has 142 valence electrons. The quantitative estimate of drug-likeness (QED) is 0.750. The second kappa shape index (κ2) is 6.60. The van der Waals surface area contributed by atoms with Crippen LogP contribution in [0, 0.1) is 19.3 Å². The molecule has 0 aliphatic heterocycles. The molecule has 2 aromatic heterocycles. The highest BCUT2D eigenvalue weighted by molar-refractivity contribution is 5.62. The third-order valence-electron chi connectivity index (χ3n) is 5.54. The molecular formula is C21H26N4O2. The highest BCUT2D eigenvalue weighted by atomic mass is 16.5. The first-order valence-corrected chi connectivity index (χ1v) is 9.50. The van der Waals surface area contributed by atoms with Crippen LogP contribution in [-0.2, 0) is 19.3 Å². The SMILES string of the molecule is Cc1cc(-c2noc(-c3noc4c3CCC(C)(C)C4)n2)cc(C)c1CCN. The predicted molar refractivity (Wildman–Crippen MR) is 103 cm³/mol. The van der Waals surface area contributed by atoms with Crippen molar-refractivity contribution in [2.75, 3.05) is 6.54 Å². The number of fused-ring (bicyclic) bond motifs is 1. The van der Waals surface area contributed by atoms with E-state index in [1.807, 2.05) is 0 Å². The monoisotopic (exact) mass is 366 g/mol. The molecule has 2 heterocycles. The molecular weight excluding hydrogens is 340 g/mol. The van der Waals surface area contributed by atoms with Crippen molar-refractivity contribution in [2.24, 2.45) is 11.1 Å². The molecule has 0 fully saturated rings. The zero-order chi connectivity index (χ0) is 19.2. The number of rotatable bonds is 4. The van der Waals surface area contributed by atoms with Crippen LogP contribution < -0.4 is 5.73 Å². The number of aryl methyl sites for hydroxylation is 2. The standard InChI is InChI=1S/C21H26N4O2/c1-12-9-14(10-13(2)15(12)6-8-22)19-23-20(27-25-19)18-16-5-7-21(3,4)11-17(16)26-24-18/h9-10H,5-8,11,22H2,1-4H3. The Morgan fingerprint density at radius 1 is 1.11 bits per heavy atom. The maximum Gasteiger partial charge on any atom is 0.280 e. The maximum atomic E-state index is 5.72. The zero-order valence-electron chi connectivity index (χ0n) is 16.4. The summed E-state index contributed by atoms with van der Waals surface area (Å²) in [5.41, 5.74) is 12.4. The Morgan fingerprint density at radius 2 is 1.85 bits per heavy atom. The third-order valence-corrected chi connectivity index (χ3v) is 5.54. The number of hydrogen-bond donors (Lipinski definition) is 1. The molecule has 6 heteroatoms. The van der Waals surface area contributed by atoms with Crippen molar-refractivity contribution in [3.05, 3.63) is 40.1 Å². The van der Waals surface area contributed by atoms with E-state index in [2.05, 4.69) is 55.1 Å². The number of benzene rings is 1. The summed E-state index contributed by atoms with van der Waals surface area (Å²) in [6.07, 6.45) is 3.77. The average molecular weight is 366 g/mol. The van der Waals surface area contributed by atoms with E-state index in [0.29, 0.717) is 24.0 Å².